The Morgan fingerprint density at radius 1 is 1.28 bits per heavy atom. The number of carbonyl (C=O) groups excluding carboxylic acids is 2. The smallest absolute Gasteiger partial charge is 0.240 e. The predicted octanol–water partition coefficient (Wildman–Crippen LogP) is 1.27. The average molecular weight is 381 g/mol. The number of carbonyl (C=O) groups is 2. The van der Waals surface area contributed by atoms with Crippen molar-refractivity contribution >= 4 is 35.2 Å². The van der Waals surface area contributed by atoms with Crippen molar-refractivity contribution in [1.29, 1.82) is 0 Å². The average Bonchev–Trinajstić information content (AvgIpc) is 3.09. The molecule has 1 fully saturated rings. The van der Waals surface area contributed by atoms with E-state index in [-0.39, 0.29) is 11.7 Å². The van der Waals surface area contributed by atoms with Gasteiger partial charge in [-0.15, -0.1) is 5.10 Å². The van der Waals surface area contributed by atoms with Gasteiger partial charge >= 0.3 is 0 Å². The summed E-state index contributed by atoms with van der Waals surface area (Å²) in [5.74, 6) is -0.458. The lowest BCUT2D eigenvalue weighted by molar-refractivity contribution is -0.138. The molecular weight excluding hydrogens is 364 g/mol. The van der Waals surface area contributed by atoms with Gasteiger partial charge in [0, 0.05) is 11.6 Å². The highest BCUT2D eigenvalue weighted by Crippen LogP contribution is 2.22. The summed E-state index contributed by atoms with van der Waals surface area (Å²) >= 11 is 7.11. The lowest BCUT2D eigenvalue weighted by Gasteiger charge is -2.33. The first-order valence-corrected chi connectivity index (χ1v) is 9.18. The molecule has 2 heterocycles. The number of hydrogen-bond acceptors (Lipinski definition) is 6. The normalized spacial score (nSPS) is 17.5. The van der Waals surface area contributed by atoms with E-state index in [9.17, 15) is 9.59 Å². The van der Waals surface area contributed by atoms with Crippen molar-refractivity contribution < 1.29 is 9.59 Å². The van der Waals surface area contributed by atoms with Gasteiger partial charge in [-0.1, -0.05) is 23.4 Å². The number of amides is 2. The number of nitrogens with two attached hydrogens (primary N) is 1. The number of primary amides is 1. The molecule has 0 radical (unpaired) electrons. The third kappa shape index (κ3) is 4.10. The largest absolute Gasteiger partial charge is 0.368 e. The molecule has 1 aliphatic rings. The Labute approximate surface area is 153 Å². The van der Waals surface area contributed by atoms with Gasteiger partial charge < -0.3 is 10.6 Å². The van der Waals surface area contributed by atoms with Crippen LogP contribution < -0.4 is 5.73 Å². The molecule has 0 saturated carbocycles. The summed E-state index contributed by atoms with van der Waals surface area (Å²) in [4.78, 5) is 25.6. The number of piperidine rings is 1. The number of likely N-dealkylation sites (tertiary alicyclic amines) is 1. The number of benzene rings is 1. The summed E-state index contributed by atoms with van der Waals surface area (Å²) in [5.41, 5.74) is 6.16. The molecule has 1 aromatic heterocycles. The summed E-state index contributed by atoms with van der Waals surface area (Å²) in [6, 6.07) is 6.54. The summed E-state index contributed by atoms with van der Waals surface area (Å²) in [6.07, 6.45) is 2.40. The second-order valence-corrected chi connectivity index (χ2v) is 7.02. The molecule has 8 nitrogen and oxygen atoms in total. The minimum atomic E-state index is -0.519. The summed E-state index contributed by atoms with van der Waals surface area (Å²) in [6.45, 7) is 0.551. The fourth-order valence-electron chi connectivity index (χ4n) is 2.75. The first kappa shape index (κ1) is 17.7. The van der Waals surface area contributed by atoms with E-state index in [0.29, 0.717) is 23.1 Å². The molecule has 0 unspecified atom stereocenters. The van der Waals surface area contributed by atoms with Gasteiger partial charge in [-0.25, -0.2) is 0 Å². The molecule has 10 heteroatoms. The van der Waals surface area contributed by atoms with Crippen LogP contribution in [-0.2, 0) is 9.59 Å². The number of thioether (sulfide) groups is 1. The molecule has 25 heavy (non-hydrogen) atoms. The fourth-order valence-corrected chi connectivity index (χ4v) is 3.65. The molecule has 0 spiro atoms. The van der Waals surface area contributed by atoms with E-state index < -0.39 is 11.9 Å². The van der Waals surface area contributed by atoms with Crippen molar-refractivity contribution in [2.24, 2.45) is 5.73 Å². The molecule has 1 aliphatic heterocycles. The zero-order valence-corrected chi connectivity index (χ0v) is 14.9. The predicted molar refractivity (Wildman–Crippen MR) is 93.4 cm³/mol. The van der Waals surface area contributed by atoms with Gasteiger partial charge in [-0.2, -0.15) is 4.68 Å². The summed E-state index contributed by atoms with van der Waals surface area (Å²) in [7, 11) is 0. The molecular formula is C15H17ClN6O2S. The standard InChI is InChI=1S/C15H17ClN6O2S/c16-10-4-6-11(7-5-10)22-15(18-19-20-22)25-9-13(23)21-8-2-1-3-12(21)14(17)24/h4-7,12H,1-3,8-9H2,(H2,17,24)/t12-/m1/s1. The van der Waals surface area contributed by atoms with E-state index in [1.165, 1.54) is 16.4 Å². The number of nitrogens with zero attached hydrogens (tertiary/aromatic N) is 5. The van der Waals surface area contributed by atoms with Gasteiger partial charge in [0.1, 0.15) is 6.04 Å². The number of rotatable bonds is 5. The third-order valence-corrected chi connectivity index (χ3v) is 5.14. The van der Waals surface area contributed by atoms with E-state index in [0.717, 1.165) is 18.5 Å². The molecule has 132 valence electrons. The molecule has 2 N–H and O–H groups in total. The maximum Gasteiger partial charge on any atom is 0.240 e. The molecule has 1 saturated heterocycles. The SMILES string of the molecule is NC(=O)[C@H]1CCCCN1C(=O)CSc1nnnn1-c1ccc(Cl)cc1. The van der Waals surface area contributed by atoms with Crippen LogP contribution in [0.25, 0.3) is 5.69 Å². The second kappa shape index (κ2) is 7.83. The van der Waals surface area contributed by atoms with Crippen LogP contribution in [0.2, 0.25) is 5.02 Å². The zero-order valence-electron chi connectivity index (χ0n) is 13.3. The van der Waals surface area contributed by atoms with Crippen LogP contribution in [0, 0.1) is 0 Å². The van der Waals surface area contributed by atoms with E-state index in [1.54, 1.807) is 29.2 Å². The number of aromatic nitrogens is 4. The van der Waals surface area contributed by atoms with Crippen molar-refractivity contribution in [2.75, 3.05) is 12.3 Å². The van der Waals surface area contributed by atoms with Gasteiger partial charge in [0.15, 0.2) is 0 Å². The lowest BCUT2D eigenvalue weighted by Crippen LogP contribution is -2.51. The Morgan fingerprint density at radius 2 is 2.04 bits per heavy atom. The number of halogens is 1. The summed E-state index contributed by atoms with van der Waals surface area (Å²) < 4.78 is 1.54. The van der Waals surface area contributed by atoms with Gasteiger partial charge in [-0.05, 0) is 54.0 Å². The molecule has 3 rings (SSSR count). The van der Waals surface area contributed by atoms with Crippen LogP contribution in [-0.4, -0.2) is 55.3 Å². The highest BCUT2D eigenvalue weighted by atomic mass is 35.5. The van der Waals surface area contributed by atoms with Gasteiger partial charge in [0.2, 0.25) is 17.0 Å². The fraction of sp³-hybridized carbons (Fsp3) is 0.400. The molecule has 2 amide bonds. The van der Waals surface area contributed by atoms with Crippen LogP contribution >= 0.6 is 23.4 Å². The lowest BCUT2D eigenvalue weighted by atomic mass is 10.0. The van der Waals surface area contributed by atoms with Gasteiger partial charge in [0.25, 0.3) is 0 Å². The molecule has 2 aromatic rings. The highest BCUT2D eigenvalue weighted by molar-refractivity contribution is 7.99. The molecule has 0 aliphatic carbocycles. The number of tetrazole rings is 1. The van der Waals surface area contributed by atoms with Crippen molar-refractivity contribution in [2.45, 2.75) is 30.5 Å². The van der Waals surface area contributed by atoms with Crippen LogP contribution in [0.3, 0.4) is 0 Å². The van der Waals surface area contributed by atoms with E-state index in [4.69, 9.17) is 17.3 Å². The van der Waals surface area contributed by atoms with Crippen molar-refractivity contribution in [3.05, 3.63) is 29.3 Å². The van der Waals surface area contributed by atoms with Crippen molar-refractivity contribution in [3.63, 3.8) is 0 Å². The monoisotopic (exact) mass is 380 g/mol. The van der Waals surface area contributed by atoms with Crippen LogP contribution in [0.15, 0.2) is 29.4 Å². The Balaban J connectivity index is 1.68. The minimum Gasteiger partial charge on any atom is -0.368 e. The van der Waals surface area contributed by atoms with Crippen LogP contribution in [0.1, 0.15) is 19.3 Å². The minimum absolute atomic E-state index is 0.137. The molecule has 0 bridgehead atoms. The Kier molecular flexibility index (Phi) is 5.54. The second-order valence-electron chi connectivity index (χ2n) is 5.64. The maximum absolute atomic E-state index is 12.5. The van der Waals surface area contributed by atoms with Gasteiger partial charge in [-0.3, -0.25) is 9.59 Å². The van der Waals surface area contributed by atoms with Crippen molar-refractivity contribution in [1.82, 2.24) is 25.1 Å². The topological polar surface area (TPSA) is 107 Å². The Bertz CT molecular complexity index is 766. The first-order chi connectivity index (χ1) is 12.1. The van der Waals surface area contributed by atoms with Crippen LogP contribution in [0.4, 0.5) is 0 Å². The highest BCUT2D eigenvalue weighted by Gasteiger charge is 2.30. The molecule has 1 atom stereocenters. The number of hydrogen-bond donors (Lipinski definition) is 1. The molecule has 1 aromatic carbocycles. The Hall–Kier alpha value is -2.13. The zero-order chi connectivity index (χ0) is 17.8. The van der Waals surface area contributed by atoms with E-state index in [2.05, 4.69) is 15.5 Å². The van der Waals surface area contributed by atoms with Crippen LogP contribution in [0.5, 0.6) is 0 Å². The third-order valence-electron chi connectivity index (χ3n) is 3.99. The quantitative estimate of drug-likeness (QED) is 0.783. The van der Waals surface area contributed by atoms with E-state index in [1.807, 2.05) is 0 Å². The van der Waals surface area contributed by atoms with E-state index >= 15 is 0 Å². The first-order valence-electron chi connectivity index (χ1n) is 7.82. The van der Waals surface area contributed by atoms with Gasteiger partial charge in [0.05, 0.1) is 11.4 Å². The maximum atomic E-state index is 12.5. The van der Waals surface area contributed by atoms with Crippen molar-refractivity contribution in [3.8, 4) is 5.69 Å². The summed E-state index contributed by atoms with van der Waals surface area (Å²) in [5, 5.41) is 12.7. The Morgan fingerprint density at radius 3 is 2.76 bits per heavy atom.